The van der Waals surface area contributed by atoms with E-state index in [4.69, 9.17) is 14.8 Å². The number of fused-ring (bicyclic) bond motifs is 2. The van der Waals surface area contributed by atoms with Gasteiger partial charge in [-0.1, -0.05) is 19.9 Å². The number of aromatic nitrogens is 2. The van der Waals surface area contributed by atoms with Crippen LogP contribution in [0.5, 0.6) is 0 Å². The molecular formula is C19H23IN4O. The summed E-state index contributed by atoms with van der Waals surface area (Å²) >= 11 is 2.31. The van der Waals surface area contributed by atoms with Gasteiger partial charge in [-0.05, 0) is 78.5 Å². The lowest BCUT2D eigenvalue weighted by Crippen LogP contribution is -2.26. The van der Waals surface area contributed by atoms with E-state index in [1.165, 1.54) is 9.13 Å². The van der Waals surface area contributed by atoms with Gasteiger partial charge in [0.1, 0.15) is 0 Å². The van der Waals surface area contributed by atoms with Crippen LogP contribution in [-0.2, 0) is 4.79 Å². The molecule has 1 aromatic heterocycles. The fraction of sp³-hybridized carbons (Fsp3) is 0.316. The molecule has 0 saturated carbocycles. The Morgan fingerprint density at radius 3 is 2.12 bits per heavy atom. The number of nitrogens with two attached hydrogens (primary N) is 1. The number of carbonyl (C=O) groups is 1. The lowest BCUT2D eigenvalue weighted by Gasteiger charge is -2.26. The van der Waals surface area contributed by atoms with Gasteiger partial charge in [0.05, 0.1) is 22.1 Å². The summed E-state index contributed by atoms with van der Waals surface area (Å²) in [5.74, 6) is 0. The Bertz CT molecular complexity index is 865. The molecule has 0 aliphatic heterocycles. The van der Waals surface area contributed by atoms with Crippen LogP contribution in [0.3, 0.4) is 0 Å². The molecule has 1 unspecified atom stereocenters. The highest BCUT2D eigenvalue weighted by Gasteiger charge is 2.13. The first kappa shape index (κ1) is 19.5. The van der Waals surface area contributed by atoms with Gasteiger partial charge in [-0.2, -0.15) is 0 Å². The minimum absolute atomic E-state index is 0.250. The maximum atomic E-state index is 8.58. The third-order valence-electron chi connectivity index (χ3n) is 4.26. The largest absolute Gasteiger partial charge is 0.372 e. The minimum atomic E-state index is 0.250. The molecule has 132 valence electrons. The number of hydrogen-bond donors (Lipinski definition) is 1. The molecule has 3 rings (SSSR count). The number of primary amides is 1. The SMILES string of the molecule is CCN(CC)C(C)c1ccc2nc3cc(I)ccc3nc2c1.NC=O. The predicted octanol–water partition coefficient (Wildman–Crippen LogP) is 3.89. The summed E-state index contributed by atoms with van der Waals surface area (Å²) in [6, 6.07) is 13.1. The van der Waals surface area contributed by atoms with Gasteiger partial charge in [0.15, 0.2) is 0 Å². The Morgan fingerprint density at radius 2 is 1.56 bits per heavy atom. The molecule has 0 bridgehead atoms. The fourth-order valence-corrected chi connectivity index (χ4v) is 3.38. The first-order valence-corrected chi connectivity index (χ1v) is 9.38. The quantitative estimate of drug-likeness (QED) is 0.372. The molecule has 0 radical (unpaired) electrons. The maximum absolute atomic E-state index is 8.58. The van der Waals surface area contributed by atoms with Gasteiger partial charge in [-0.25, -0.2) is 9.97 Å². The van der Waals surface area contributed by atoms with Crippen LogP contribution in [0, 0.1) is 3.57 Å². The van der Waals surface area contributed by atoms with E-state index in [0.29, 0.717) is 6.04 Å². The highest BCUT2D eigenvalue weighted by molar-refractivity contribution is 14.1. The molecule has 0 saturated heterocycles. The van der Waals surface area contributed by atoms with Crippen LogP contribution in [0.15, 0.2) is 36.4 Å². The summed E-state index contributed by atoms with van der Waals surface area (Å²) in [6.07, 6.45) is 0.250. The number of halogens is 1. The molecule has 1 atom stereocenters. The zero-order valence-corrected chi connectivity index (χ0v) is 16.9. The van der Waals surface area contributed by atoms with E-state index in [9.17, 15) is 0 Å². The maximum Gasteiger partial charge on any atom is 0.204 e. The molecule has 0 spiro atoms. The van der Waals surface area contributed by atoms with Crippen molar-refractivity contribution < 1.29 is 4.79 Å². The monoisotopic (exact) mass is 450 g/mol. The zero-order chi connectivity index (χ0) is 18.4. The van der Waals surface area contributed by atoms with E-state index in [1.54, 1.807) is 0 Å². The van der Waals surface area contributed by atoms with Gasteiger partial charge in [0.25, 0.3) is 0 Å². The van der Waals surface area contributed by atoms with Crippen LogP contribution < -0.4 is 5.73 Å². The Kier molecular flexibility index (Phi) is 7.07. The standard InChI is InChI=1S/C18H20IN3.CH3NO/c1-4-22(5-2)12(3)13-6-8-15-17(10-13)20-16-9-7-14(19)11-18(16)21-15;2-1-3/h6-12H,4-5H2,1-3H3;1H,(H2,2,3). The van der Waals surface area contributed by atoms with Crippen LogP contribution in [0.1, 0.15) is 32.4 Å². The summed E-state index contributed by atoms with van der Waals surface area (Å²) in [5, 5.41) is 0. The van der Waals surface area contributed by atoms with Crippen LogP contribution in [0.2, 0.25) is 0 Å². The Hall–Kier alpha value is -1.80. The number of amides is 1. The van der Waals surface area contributed by atoms with Crippen molar-refractivity contribution in [3.8, 4) is 0 Å². The fourth-order valence-electron chi connectivity index (χ4n) is 2.91. The molecule has 5 nitrogen and oxygen atoms in total. The van der Waals surface area contributed by atoms with Crippen molar-refractivity contribution in [2.45, 2.75) is 26.8 Å². The van der Waals surface area contributed by atoms with Gasteiger partial charge in [-0.3, -0.25) is 9.69 Å². The van der Waals surface area contributed by atoms with Gasteiger partial charge in [0, 0.05) is 9.61 Å². The van der Waals surface area contributed by atoms with E-state index in [0.717, 1.165) is 35.2 Å². The van der Waals surface area contributed by atoms with Crippen LogP contribution in [-0.4, -0.2) is 34.4 Å². The molecule has 0 aliphatic rings. The Morgan fingerprint density at radius 1 is 1.04 bits per heavy atom. The third kappa shape index (κ3) is 4.64. The van der Waals surface area contributed by atoms with Gasteiger partial charge in [-0.15, -0.1) is 0 Å². The highest BCUT2D eigenvalue weighted by Crippen LogP contribution is 2.24. The molecule has 2 aromatic carbocycles. The molecule has 25 heavy (non-hydrogen) atoms. The molecule has 1 amide bonds. The molecule has 2 N–H and O–H groups in total. The highest BCUT2D eigenvalue weighted by atomic mass is 127. The lowest BCUT2D eigenvalue weighted by molar-refractivity contribution is -0.106. The van der Waals surface area contributed by atoms with Crippen LogP contribution >= 0.6 is 22.6 Å². The van der Waals surface area contributed by atoms with E-state index >= 15 is 0 Å². The first-order chi connectivity index (χ1) is 12.0. The second kappa shape index (κ2) is 9.05. The molecule has 0 aliphatic carbocycles. The normalized spacial score (nSPS) is 12.0. The van der Waals surface area contributed by atoms with E-state index < -0.39 is 0 Å². The zero-order valence-electron chi connectivity index (χ0n) is 14.7. The van der Waals surface area contributed by atoms with Crippen LogP contribution in [0.25, 0.3) is 22.1 Å². The Balaban J connectivity index is 0.000000701. The lowest BCUT2D eigenvalue weighted by atomic mass is 10.1. The van der Waals surface area contributed by atoms with Crippen molar-refractivity contribution in [1.82, 2.24) is 14.9 Å². The van der Waals surface area contributed by atoms with E-state index in [1.807, 2.05) is 6.07 Å². The van der Waals surface area contributed by atoms with Crippen molar-refractivity contribution >= 4 is 51.1 Å². The molecule has 3 aromatic rings. The summed E-state index contributed by atoms with van der Waals surface area (Å²) in [5.41, 5.74) is 9.33. The van der Waals surface area contributed by atoms with Gasteiger partial charge < -0.3 is 5.73 Å². The molecule has 6 heteroatoms. The number of nitrogens with zero attached hydrogens (tertiary/aromatic N) is 3. The Labute approximate surface area is 161 Å². The van der Waals surface area contributed by atoms with Crippen molar-refractivity contribution in [2.75, 3.05) is 13.1 Å². The van der Waals surface area contributed by atoms with Crippen molar-refractivity contribution in [1.29, 1.82) is 0 Å². The molecule has 0 fully saturated rings. The average Bonchev–Trinajstić information content (AvgIpc) is 2.61. The average molecular weight is 450 g/mol. The number of rotatable bonds is 4. The van der Waals surface area contributed by atoms with Gasteiger partial charge >= 0.3 is 0 Å². The van der Waals surface area contributed by atoms with E-state index in [2.05, 4.69) is 84.3 Å². The summed E-state index contributed by atoms with van der Waals surface area (Å²) in [4.78, 5) is 20.6. The number of carbonyl (C=O) groups excluding carboxylic acids is 1. The topological polar surface area (TPSA) is 72.1 Å². The van der Waals surface area contributed by atoms with Crippen molar-refractivity contribution in [2.24, 2.45) is 5.73 Å². The summed E-state index contributed by atoms with van der Waals surface area (Å²) < 4.78 is 1.19. The minimum Gasteiger partial charge on any atom is -0.372 e. The molecule has 1 heterocycles. The summed E-state index contributed by atoms with van der Waals surface area (Å²) in [6.45, 7) is 8.77. The second-order valence-corrected chi connectivity index (χ2v) is 6.88. The number of benzene rings is 2. The first-order valence-electron chi connectivity index (χ1n) is 8.30. The van der Waals surface area contributed by atoms with Gasteiger partial charge in [0.2, 0.25) is 6.41 Å². The molecular weight excluding hydrogens is 427 g/mol. The van der Waals surface area contributed by atoms with Crippen LogP contribution in [0.4, 0.5) is 0 Å². The number of hydrogen-bond acceptors (Lipinski definition) is 4. The third-order valence-corrected chi connectivity index (χ3v) is 4.93. The van der Waals surface area contributed by atoms with E-state index in [-0.39, 0.29) is 6.41 Å². The van der Waals surface area contributed by atoms with Crippen molar-refractivity contribution in [3.05, 3.63) is 45.5 Å². The summed E-state index contributed by atoms with van der Waals surface area (Å²) in [7, 11) is 0. The smallest absolute Gasteiger partial charge is 0.204 e. The predicted molar refractivity (Wildman–Crippen MR) is 111 cm³/mol. The van der Waals surface area contributed by atoms with Crippen molar-refractivity contribution in [3.63, 3.8) is 0 Å². The second-order valence-electron chi connectivity index (χ2n) is 5.64.